The number of nitrogens with one attached hydrogen (secondary N) is 1. The molecular formula is C9H14ClN5O. The molecule has 16 heavy (non-hydrogen) atoms. The summed E-state index contributed by atoms with van der Waals surface area (Å²) >= 11 is 5.70. The van der Waals surface area contributed by atoms with Crippen LogP contribution in [0.1, 0.15) is 19.3 Å². The van der Waals surface area contributed by atoms with E-state index in [4.69, 9.17) is 23.1 Å². The van der Waals surface area contributed by atoms with Crippen LogP contribution in [0, 0.1) is 0 Å². The van der Waals surface area contributed by atoms with Crippen LogP contribution < -0.4 is 16.8 Å². The average Bonchev–Trinajstić information content (AvgIpc) is 2.15. The Morgan fingerprint density at radius 3 is 2.81 bits per heavy atom. The number of primary amides is 1. The van der Waals surface area contributed by atoms with Crippen molar-refractivity contribution < 1.29 is 4.79 Å². The van der Waals surface area contributed by atoms with Crippen LogP contribution in [0.5, 0.6) is 0 Å². The highest BCUT2D eigenvalue weighted by molar-refractivity contribution is 6.29. The third-order valence-electron chi connectivity index (χ3n) is 1.87. The molecule has 0 aliphatic heterocycles. The Hall–Kier alpha value is -1.56. The predicted molar refractivity (Wildman–Crippen MR) is 63.0 cm³/mol. The molecule has 0 spiro atoms. The number of halogens is 1. The first kappa shape index (κ1) is 12.5. The number of hydrogen-bond donors (Lipinski definition) is 3. The molecule has 88 valence electrons. The van der Waals surface area contributed by atoms with E-state index in [9.17, 15) is 4.79 Å². The number of unbranched alkanes of at least 4 members (excludes halogenated alkanes) is 1. The lowest BCUT2D eigenvalue weighted by molar-refractivity contribution is -0.118. The van der Waals surface area contributed by atoms with Gasteiger partial charge in [-0.25, -0.2) is 4.98 Å². The van der Waals surface area contributed by atoms with Gasteiger partial charge in [-0.05, 0) is 12.8 Å². The van der Waals surface area contributed by atoms with Crippen LogP contribution in [0.2, 0.25) is 5.15 Å². The number of nitrogens with two attached hydrogens (primary N) is 2. The summed E-state index contributed by atoms with van der Waals surface area (Å²) in [6.45, 7) is 0.681. The van der Waals surface area contributed by atoms with E-state index in [0.29, 0.717) is 23.9 Å². The highest BCUT2D eigenvalue weighted by atomic mass is 35.5. The summed E-state index contributed by atoms with van der Waals surface area (Å²) < 4.78 is 0. The van der Waals surface area contributed by atoms with Gasteiger partial charge in [0.15, 0.2) is 0 Å². The zero-order chi connectivity index (χ0) is 12.0. The average molecular weight is 244 g/mol. The van der Waals surface area contributed by atoms with Gasteiger partial charge < -0.3 is 16.8 Å². The standard InChI is InChI=1S/C9H14ClN5O/c10-6-5-8(15-9(12)14-6)13-4-2-1-3-7(11)16/h5H,1-4H2,(H2,11,16)(H3,12,13,14,15). The van der Waals surface area contributed by atoms with Crippen LogP contribution in [0.15, 0.2) is 6.07 Å². The van der Waals surface area contributed by atoms with Gasteiger partial charge in [0.1, 0.15) is 11.0 Å². The summed E-state index contributed by atoms with van der Waals surface area (Å²) in [5.74, 6) is 0.429. The van der Waals surface area contributed by atoms with Gasteiger partial charge in [0, 0.05) is 19.0 Å². The minimum Gasteiger partial charge on any atom is -0.370 e. The van der Waals surface area contributed by atoms with Crippen molar-refractivity contribution in [3.8, 4) is 0 Å². The predicted octanol–water partition coefficient (Wildman–Crippen LogP) is 0.780. The lowest BCUT2D eigenvalue weighted by Gasteiger charge is -2.05. The summed E-state index contributed by atoms with van der Waals surface area (Å²) in [4.78, 5) is 18.1. The highest BCUT2D eigenvalue weighted by Gasteiger charge is 2.00. The number of nitrogen functional groups attached to an aromatic ring is 1. The summed E-state index contributed by atoms with van der Waals surface area (Å²) in [7, 11) is 0. The zero-order valence-electron chi connectivity index (χ0n) is 8.74. The highest BCUT2D eigenvalue weighted by Crippen LogP contribution is 2.12. The van der Waals surface area contributed by atoms with Crippen molar-refractivity contribution in [2.45, 2.75) is 19.3 Å². The molecule has 5 N–H and O–H groups in total. The van der Waals surface area contributed by atoms with E-state index in [0.717, 1.165) is 12.8 Å². The molecule has 0 fully saturated rings. The maximum absolute atomic E-state index is 10.5. The first-order valence-corrected chi connectivity index (χ1v) is 5.28. The van der Waals surface area contributed by atoms with Gasteiger partial charge in [-0.2, -0.15) is 4.98 Å². The minimum absolute atomic E-state index is 0.132. The van der Waals surface area contributed by atoms with Crippen LogP contribution in [0.25, 0.3) is 0 Å². The fourth-order valence-electron chi connectivity index (χ4n) is 1.17. The summed E-state index contributed by atoms with van der Waals surface area (Å²) in [6, 6.07) is 1.59. The van der Waals surface area contributed by atoms with Crippen molar-refractivity contribution in [2.24, 2.45) is 5.73 Å². The minimum atomic E-state index is -0.283. The molecule has 0 aliphatic carbocycles. The molecule has 1 aromatic rings. The Labute approximate surface area is 98.4 Å². The second-order valence-electron chi connectivity index (χ2n) is 3.28. The monoisotopic (exact) mass is 243 g/mol. The largest absolute Gasteiger partial charge is 0.370 e. The van der Waals surface area contributed by atoms with Crippen LogP contribution in [-0.4, -0.2) is 22.4 Å². The summed E-state index contributed by atoms with van der Waals surface area (Å²) in [6.07, 6.45) is 1.97. The molecule has 1 amide bonds. The third-order valence-corrected chi connectivity index (χ3v) is 2.06. The quantitative estimate of drug-likeness (QED) is 0.506. The van der Waals surface area contributed by atoms with E-state index in [1.165, 1.54) is 0 Å². The zero-order valence-corrected chi connectivity index (χ0v) is 9.50. The molecular weight excluding hydrogens is 230 g/mol. The van der Waals surface area contributed by atoms with E-state index in [1.54, 1.807) is 6.07 Å². The fraction of sp³-hybridized carbons (Fsp3) is 0.444. The molecule has 0 bridgehead atoms. The molecule has 7 heteroatoms. The lowest BCUT2D eigenvalue weighted by Crippen LogP contribution is -2.11. The second-order valence-corrected chi connectivity index (χ2v) is 3.67. The normalized spacial score (nSPS) is 10.1. The van der Waals surface area contributed by atoms with E-state index in [1.807, 2.05) is 0 Å². The molecule has 1 heterocycles. The lowest BCUT2D eigenvalue weighted by atomic mass is 10.2. The van der Waals surface area contributed by atoms with Crippen LogP contribution >= 0.6 is 11.6 Å². The van der Waals surface area contributed by atoms with Crippen molar-refractivity contribution >= 4 is 29.3 Å². The third kappa shape index (κ3) is 4.79. The molecule has 0 unspecified atom stereocenters. The van der Waals surface area contributed by atoms with Crippen LogP contribution in [0.3, 0.4) is 0 Å². The van der Waals surface area contributed by atoms with Gasteiger partial charge in [0.25, 0.3) is 0 Å². The van der Waals surface area contributed by atoms with Gasteiger partial charge in [-0.15, -0.1) is 0 Å². The van der Waals surface area contributed by atoms with Gasteiger partial charge in [-0.1, -0.05) is 11.6 Å². The van der Waals surface area contributed by atoms with Crippen molar-refractivity contribution in [1.29, 1.82) is 0 Å². The number of hydrogen-bond acceptors (Lipinski definition) is 5. The first-order valence-electron chi connectivity index (χ1n) is 4.90. The molecule has 1 rings (SSSR count). The SMILES string of the molecule is NC(=O)CCCCNc1cc(Cl)nc(N)n1. The van der Waals surface area contributed by atoms with Gasteiger partial charge >= 0.3 is 0 Å². The molecule has 1 aromatic heterocycles. The Morgan fingerprint density at radius 1 is 1.44 bits per heavy atom. The number of rotatable bonds is 6. The Balaban J connectivity index is 2.29. The number of anilines is 2. The number of carbonyl (C=O) groups is 1. The van der Waals surface area contributed by atoms with E-state index in [-0.39, 0.29) is 11.9 Å². The maximum Gasteiger partial charge on any atom is 0.223 e. The van der Waals surface area contributed by atoms with Gasteiger partial charge in [-0.3, -0.25) is 4.79 Å². The van der Waals surface area contributed by atoms with Gasteiger partial charge in [0.05, 0.1) is 0 Å². The van der Waals surface area contributed by atoms with Crippen molar-refractivity contribution in [2.75, 3.05) is 17.6 Å². The van der Waals surface area contributed by atoms with Crippen molar-refractivity contribution in [1.82, 2.24) is 9.97 Å². The van der Waals surface area contributed by atoms with E-state index < -0.39 is 0 Å². The summed E-state index contributed by atoms with van der Waals surface area (Å²) in [5, 5.41) is 3.33. The first-order chi connectivity index (χ1) is 7.58. The molecule has 0 saturated carbocycles. The molecule has 6 nitrogen and oxygen atoms in total. The number of nitrogens with zero attached hydrogens (tertiary/aromatic N) is 2. The topological polar surface area (TPSA) is 107 Å². The van der Waals surface area contributed by atoms with Crippen LogP contribution in [-0.2, 0) is 4.79 Å². The van der Waals surface area contributed by atoms with Crippen LogP contribution in [0.4, 0.5) is 11.8 Å². The molecule has 0 aromatic carbocycles. The van der Waals surface area contributed by atoms with E-state index >= 15 is 0 Å². The Morgan fingerprint density at radius 2 is 2.19 bits per heavy atom. The number of amides is 1. The van der Waals surface area contributed by atoms with Gasteiger partial charge in [0.2, 0.25) is 11.9 Å². The summed E-state index contributed by atoms with van der Waals surface area (Å²) in [5.41, 5.74) is 10.4. The number of carbonyl (C=O) groups excluding carboxylic acids is 1. The Kier molecular flexibility index (Phi) is 4.78. The van der Waals surface area contributed by atoms with Crippen molar-refractivity contribution in [3.05, 3.63) is 11.2 Å². The van der Waals surface area contributed by atoms with Crippen molar-refractivity contribution in [3.63, 3.8) is 0 Å². The maximum atomic E-state index is 10.5. The molecule has 0 aliphatic rings. The second kappa shape index (κ2) is 6.12. The number of aromatic nitrogens is 2. The van der Waals surface area contributed by atoms with E-state index in [2.05, 4.69) is 15.3 Å². The molecule has 0 atom stereocenters. The smallest absolute Gasteiger partial charge is 0.223 e. The fourth-order valence-corrected chi connectivity index (χ4v) is 1.36. The Bertz CT molecular complexity index is 351. The molecule has 0 radical (unpaired) electrons. The molecule has 0 saturated heterocycles.